The Hall–Kier alpha value is -1.72. The third kappa shape index (κ3) is 4.12. The van der Waals surface area contributed by atoms with Crippen LogP contribution < -0.4 is 4.72 Å². The van der Waals surface area contributed by atoms with Gasteiger partial charge in [0.05, 0.1) is 4.90 Å². The van der Waals surface area contributed by atoms with E-state index in [0.717, 1.165) is 17.0 Å². The molecule has 1 aromatic carbocycles. The van der Waals surface area contributed by atoms with Crippen molar-refractivity contribution in [2.45, 2.75) is 11.4 Å². The van der Waals surface area contributed by atoms with Gasteiger partial charge in [-0.3, -0.25) is 0 Å². The van der Waals surface area contributed by atoms with Crippen molar-refractivity contribution in [1.29, 1.82) is 0 Å². The fourth-order valence-corrected chi connectivity index (χ4v) is 3.44. The van der Waals surface area contributed by atoms with E-state index in [9.17, 15) is 12.8 Å². The van der Waals surface area contributed by atoms with Gasteiger partial charge < -0.3 is 5.11 Å². The Labute approximate surface area is 126 Å². The van der Waals surface area contributed by atoms with Crippen LogP contribution in [-0.2, 0) is 16.6 Å². The Balaban J connectivity index is 2.12. The molecule has 0 saturated carbocycles. The largest absolute Gasteiger partial charge is 0.384 e. The second kappa shape index (κ2) is 6.83. The van der Waals surface area contributed by atoms with Crippen molar-refractivity contribution in [3.05, 3.63) is 52.0 Å². The minimum atomic E-state index is -3.70. The van der Waals surface area contributed by atoms with Crippen LogP contribution in [0.3, 0.4) is 0 Å². The number of thiophene rings is 1. The molecule has 0 spiro atoms. The Morgan fingerprint density at radius 1 is 1.24 bits per heavy atom. The first-order chi connectivity index (χ1) is 10.0. The average Bonchev–Trinajstić information content (AvgIpc) is 2.91. The molecule has 0 bridgehead atoms. The highest BCUT2D eigenvalue weighted by molar-refractivity contribution is 7.89. The Bertz CT molecular complexity index is 771. The molecule has 0 fully saturated rings. The van der Waals surface area contributed by atoms with E-state index in [0.29, 0.717) is 5.56 Å². The number of nitrogens with one attached hydrogen (secondary N) is 1. The van der Waals surface area contributed by atoms with Gasteiger partial charge in [0.2, 0.25) is 10.0 Å². The van der Waals surface area contributed by atoms with Gasteiger partial charge in [-0.25, -0.2) is 17.5 Å². The van der Waals surface area contributed by atoms with E-state index < -0.39 is 15.8 Å². The van der Waals surface area contributed by atoms with Crippen LogP contribution in [0, 0.1) is 17.7 Å². The number of aliphatic hydroxyl groups is 1. The number of sulfonamides is 1. The van der Waals surface area contributed by atoms with E-state index in [1.807, 2.05) is 0 Å². The van der Waals surface area contributed by atoms with Crippen LogP contribution in [-0.4, -0.2) is 20.1 Å². The summed E-state index contributed by atoms with van der Waals surface area (Å²) in [7, 11) is -3.70. The van der Waals surface area contributed by atoms with Crippen molar-refractivity contribution >= 4 is 21.4 Å². The molecule has 21 heavy (non-hydrogen) atoms. The number of hydrogen-bond donors (Lipinski definition) is 2. The van der Waals surface area contributed by atoms with Crippen molar-refractivity contribution in [1.82, 2.24) is 4.72 Å². The Morgan fingerprint density at radius 3 is 2.62 bits per heavy atom. The van der Waals surface area contributed by atoms with Crippen LogP contribution in [0.25, 0.3) is 0 Å². The first-order valence-corrected chi connectivity index (χ1v) is 8.30. The highest BCUT2D eigenvalue weighted by Crippen LogP contribution is 2.17. The lowest BCUT2D eigenvalue weighted by Gasteiger charge is -2.06. The fourth-order valence-electron chi connectivity index (χ4n) is 1.58. The van der Waals surface area contributed by atoms with Gasteiger partial charge in [0, 0.05) is 17.0 Å². The Morgan fingerprint density at radius 2 is 1.95 bits per heavy atom. The van der Waals surface area contributed by atoms with Crippen molar-refractivity contribution in [2.24, 2.45) is 0 Å². The molecule has 0 aliphatic rings. The molecule has 0 saturated heterocycles. The second-order valence-corrected chi connectivity index (χ2v) is 6.76. The maximum atomic E-state index is 12.8. The summed E-state index contributed by atoms with van der Waals surface area (Å²) >= 11 is 1.37. The molecular formula is C14H12FNO3S2. The molecule has 0 atom stereocenters. The number of halogens is 1. The smallest absolute Gasteiger partial charge is 0.240 e. The normalized spacial score (nSPS) is 11.0. The summed E-state index contributed by atoms with van der Waals surface area (Å²) < 4.78 is 39.4. The third-order valence-electron chi connectivity index (χ3n) is 2.59. The maximum Gasteiger partial charge on any atom is 0.240 e. The van der Waals surface area contributed by atoms with Crippen molar-refractivity contribution < 1.29 is 17.9 Å². The second-order valence-electron chi connectivity index (χ2n) is 4.00. The number of benzene rings is 1. The minimum Gasteiger partial charge on any atom is -0.384 e. The van der Waals surface area contributed by atoms with Gasteiger partial charge in [0.25, 0.3) is 0 Å². The topological polar surface area (TPSA) is 66.4 Å². The van der Waals surface area contributed by atoms with E-state index in [1.165, 1.54) is 23.5 Å². The third-order valence-corrected chi connectivity index (χ3v) is 4.93. The number of hydrogen-bond acceptors (Lipinski definition) is 4. The van der Waals surface area contributed by atoms with Gasteiger partial charge in [-0.2, -0.15) is 0 Å². The lowest BCUT2D eigenvalue weighted by molar-refractivity contribution is 0.350. The van der Waals surface area contributed by atoms with E-state index >= 15 is 0 Å². The molecule has 2 N–H and O–H groups in total. The summed E-state index contributed by atoms with van der Waals surface area (Å²) in [6.45, 7) is -0.163. The highest BCUT2D eigenvalue weighted by Gasteiger charge is 2.14. The summed E-state index contributed by atoms with van der Waals surface area (Å²) in [4.78, 5) is 0.755. The lowest BCUT2D eigenvalue weighted by Crippen LogP contribution is -2.23. The first kappa shape index (κ1) is 15.7. The van der Waals surface area contributed by atoms with Crippen molar-refractivity contribution in [2.75, 3.05) is 6.61 Å². The van der Waals surface area contributed by atoms with Gasteiger partial charge in [-0.15, -0.1) is 11.3 Å². The predicted molar refractivity (Wildman–Crippen MR) is 78.7 cm³/mol. The molecule has 0 aliphatic carbocycles. The summed E-state index contributed by atoms with van der Waals surface area (Å²) in [5.41, 5.74) is 0.677. The van der Waals surface area contributed by atoms with Crippen LogP contribution in [0.2, 0.25) is 0 Å². The highest BCUT2D eigenvalue weighted by atomic mass is 32.2. The van der Waals surface area contributed by atoms with Gasteiger partial charge in [0.1, 0.15) is 12.4 Å². The van der Waals surface area contributed by atoms with E-state index in [2.05, 4.69) is 16.6 Å². The predicted octanol–water partition coefficient (Wildman–Crippen LogP) is 1.71. The van der Waals surface area contributed by atoms with Crippen molar-refractivity contribution in [3.8, 4) is 11.8 Å². The van der Waals surface area contributed by atoms with Crippen LogP contribution >= 0.6 is 11.3 Å². The van der Waals surface area contributed by atoms with Gasteiger partial charge >= 0.3 is 0 Å². The molecule has 1 aromatic heterocycles. The number of rotatable bonds is 4. The van der Waals surface area contributed by atoms with Crippen LogP contribution in [0.4, 0.5) is 4.39 Å². The standard InChI is InChI=1S/C14H12FNO3S2/c15-12-3-5-13(6-4-12)21(18,19)16-10-14-11(2-1-8-17)7-9-20-14/h3-7,9,16-17H,8,10H2. The quantitative estimate of drug-likeness (QED) is 0.841. The monoisotopic (exact) mass is 325 g/mol. The Kier molecular flexibility index (Phi) is 5.09. The molecule has 4 nitrogen and oxygen atoms in total. The summed E-state index contributed by atoms with van der Waals surface area (Å²) in [6.07, 6.45) is 0. The molecule has 0 unspecified atom stereocenters. The van der Waals surface area contributed by atoms with E-state index in [1.54, 1.807) is 11.4 Å². The lowest BCUT2D eigenvalue weighted by atomic mass is 10.2. The van der Waals surface area contributed by atoms with Gasteiger partial charge in [-0.05, 0) is 35.7 Å². The molecule has 110 valence electrons. The summed E-state index contributed by atoms with van der Waals surface area (Å²) in [5.74, 6) is 4.78. The van der Waals surface area contributed by atoms with Crippen LogP contribution in [0.15, 0.2) is 40.6 Å². The zero-order valence-electron chi connectivity index (χ0n) is 10.8. The molecule has 0 radical (unpaired) electrons. The zero-order chi connectivity index (χ0) is 15.3. The molecule has 0 amide bonds. The minimum absolute atomic E-state index is 0.00319. The number of aliphatic hydroxyl groups excluding tert-OH is 1. The molecular weight excluding hydrogens is 313 g/mol. The molecule has 7 heteroatoms. The molecule has 0 aliphatic heterocycles. The van der Waals surface area contributed by atoms with Gasteiger partial charge in [0.15, 0.2) is 0 Å². The van der Waals surface area contributed by atoms with Crippen LogP contribution in [0.5, 0.6) is 0 Å². The molecule has 2 aromatic rings. The van der Waals surface area contributed by atoms with Gasteiger partial charge in [-0.1, -0.05) is 11.8 Å². The SMILES string of the molecule is O=S(=O)(NCc1sccc1C#CCO)c1ccc(F)cc1. The molecule has 2 rings (SSSR count). The summed E-state index contributed by atoms with van der Waals surface area (Å²) in [6, 6.07) is 6.36. The molecule has 1 heterocycles. The average molecular weight is 325 g/mol. The van der Waals surface area contributed by atoms with Crippen LogP contribution in [0.1, 0.15) is 10.4 Å². The maximum absolute atomic E-state index is 12.8. The van der Waals surface area contributed by atoms with E-state index in [4.69, 9.17) is 5.11 Å². The fraction of sp³-hybridized carbons (Fsp3) is 0.143. The van der Waals surface area contributed by atoms with Crippen molar-refractivity contribution in [3.63, 3.8) is 0 Å². The van der Waals surface area contributed by atoms with E-state index in [-0.39, 0.29) is 18.0 Å². The zero-order valence-corrected chi connectivity index (χ0v) is 12.5. The summed E-state index contributed by atoms with van der Waals surface area (Å²) in [5, 5.41) is 10.5. The first-order valence-electron chi connectivity index (χ1n) is 5.94.